The Kier molecular flexibility index (Phi) is 7.25. The minimum atomic E-state index is -3.75. The molecule has 1 amide bonds. The molecule has 0 heterocycles. The lowest BCUT2D eigenvalue weighted by atomic mass is 9.99. The first kappa shape index (κ1) is 22.8. The van der Waals surface area contributed by atoms with Crippen molar-refractivity contribution in [1.82, 2.24) is 5.32 Å². The summed E-state index contributed by atoms with van der Waals surface area (Å²) in [6.07, 6.45) is 6.76. The molecule has 1 aliphatic rings. The van der Waals surface area contributed by atoms with Crippen LogP contribution >= 0.6 is 0 Å². The van der Waals surface area contributed by atoms with Crippen LogP contribution in [-0.4, -0.2) is 20.9 Å². The van der Waals surface area contributed by atoms with E-state index < -0.39 is 10.0 Å². The van der Waals surface area contributed by atoms with E-state index in [2.05, 4.69) is 11.4 Å². The molecule has 3 aromatic carbocycles. The molecule has 0 spiro atoms. The lowest BCUT2D eigenvalue weighted by molar-refractivity contribution is 0.0956. The summed E-state index contributed by atoms with van der Waals surface area (Å²) in [6.45, 7) is 0.744. The van der Waals surface area contributed by atoms with E-state index in [0.29, 0.717) is 17.8 Å². The predicted octanol–water partition coefficient (Wildman–Crippen LogP) is 5.31. The normalized spacial score (nSPS) is 13.8. The summed E-state index contributed by atoms with van der Waals surface area (Å²) in [7, 11) is -3.75. The molecule has 0 fully saturated rings. The highest BCUT2D eigenvalue weighted by molar-refractivity contribution is 7.92. The van der Waals surface area contributed by atoms with Crippen LogP contribution in [-0.2, 0) is 16.6 Å². The molecule has 1 aliphatic carbocycles. The van der Waals surface area contributed by atoms with Crippen molar-refractivity contribution in [2.24, 2.45) is 0 Å². The van der Waals surface area contributed by atoms with Gasteiger partial charge in [0.05, 0.1) is 17.1 Å². The number of carbonyl (C=O) groups excluding carboxylic acids is 1. The Morgan fingerprint density at radius 1 is 0.848 bits per heavy atom. The van der Waals surface area contributed by atoms with Gasteiger partial charge in [-0.25, -0.2) is 8.42 Å². The van der Waals surface area contributed by atoms with Crippen LogP contribution in [0.25, 0.3) is 0 Å². The second-order valence-corrected chi connectivity index (χ2v) is 10.0. The first-order chi connectivity index (χ1) is 16.0. The van der Waals surface area contributed by atoms with E-state index >= 15 is 0 Å². The first-order valence-corrected chi connectivity index (χ1v) is 12.7. The highest BCUT2D eigenvalue weighted by Crippen LogP contribution is 2.26. The van der Waals surface area contributed by atoms with Gasteiger partial charge in [0.25, 0.3) is 15.9 Å². The molecule has 0 unspecified atom stereocenters. The summed E-state index contributed by atoms with van der Waals surface area (Å²) < 4.78 is 28.2. The summed E-state index contributed by atoms with van der Waals surface area (Å²) in [4.78, 5) is 12.8. The van der Waals surface area contributed by atoms with E-state index in [9.17, 15) is 13.2 Å². The molecule has 0 aromatic heterocycles. The van der Waals surface area contributed by atoms with Crippen molar-refractivity contribution >= 4 is 21.6 Å². The Hall–Kier alpha value is -3.38. The van der Waals surface area contributed by atoms with Gasteiger partial charge in [-0.3, -0.25) is 9.10 Å². The Labute approximate surface area is 195 Å². The smallest absolute Gasteiger partial charge is 0.264 e. The summed E-state index contributed by atoms with van der Waals surface area (Å²) in [5, 5.41) is 2.99. The number of allylic oxidation sites excluding steroid dienone is 1. The number of benzene rings is 3. The molecule has 33 heavy (non-hydrogen) atoms. The van der Waals surface area contributed by atoms with E-state index in [1.54, 1.807) is 54.6 Å². The number of amides is 1. The van der Waals surface area contributed by atoms with Gasteiger partial charge in [0.15, 0.2) is 0 Å². The zero-order chi connectivity index (χ0) is 23.1. The zero-order valence-electron chi connectivity index (χ0n) is 18.5. The minimum absolute atomic E-state index is 0.121. The van der Waals surface area contributed by atoms with Crippen LogP contribution in [0.5, 0.6) is 0 Å². The Bertz CT molecular complexity index is 1210. The number of anilines is 1. The van der Waals surface area contributed by atoms with Crippen LogP contribution in [0, 0.1) is 0 Å². The monoisotopic (exact) mass is 460 g/mol. The Morgan fingerprint density at radius 2 is 1.52 bits per heavy atom. The van der Waals surface area contributed by atoms with Crippen LogP contribution in [0.2, 0.25) is 0 Å². The fourth-order valence-electron chi connectivity index (χ4n) is 3.92. The summed E-state index contributed by atoms with van der Waals surface area (Å²) in [6, 6.07) is 24.6. The van der Waals surface area contributed by atoms with Gasteiger partial charge in [-0.1, -0.05) is 60.2 Å². The molecule has 4 rings (SSSR count). The number of carbonyl (C=O) groups is 1. The fraction of sp³-hybridized carbons (Fsp3) is 0.222. The van der Waals surface area contributed by atoms with Crippen LogP contribution in [0.15, 0.2) is 101 Å². The van der Waals surface area contributed by atoms with E-state index in [4.69, 9.17) is 0 Å². The van der Waals surface area contributed by atoms with Crippen LogP contribution in [0.4, 0.5) is 5.69 Å². The maximum Gasteiger partial charge on any atom is 0.264 e. The van der Waals surface area contributed by atoms with Crippen molar-refractivity contribution in [3.63, 3.8) is 0 Å². The van der Waals surface area contributed by atoms with Gasteiger partial charge >= 0.3 is 0 Å². The van der Waals surface area contributed by atoms with Crippen LogP contribution in [0.1, 0.15) is 41.6 Å². The van der Waals surface area contributed by atoms with Gasteiger partial charge in [-0.05, 0) is 67.6 Å². The zero-order valence-corrected chi connectivity index (χ0v) is 19.3. The third kappa shape index (κ3) is 5.71. The standard InChI is InChI=1S/C27H28N2O3S/c30-27(28-20-22-10-4-1-5-11-22)24-18-16-23(17-19-24)21-29(25-12-6-2-7-13-25)33(31,32)26-14-8-3-9-15-26/h2-3,6-10,12-19H,1,4-5,11,20-21H2,(H,28,30). The van der Waals surface area contributed by atoms with Crippen molar-refractivity contribution < 1.29 is 13.2 Å². The second-order valence-electron chi connectivity index (χ2n) is 8.15. The molecule has 0 radical (unpaired) electrons. The molecule has 0 saturated heterocycles. The number of nitrogens with one attached hydrogen (secondary N) is 1. The average molecular weight is 461 g/mol. The topological polar surface area (TPSA) is 66.5 Å². The summed E-state index contributed by atoms with van der Waals surface area (Å²) in [5.74, 6) is -0.121. The maximum absolute atomic E-state index is 13.4. The van der Waals surface area contributed by atoms with Crippen molar-refractivity contribution in [2.45, 2.75) is 37.1 Å². The number of rotatable bonds is 8. The molecular weight excluding hydrogens is 432 g/mol. The third-order valence-electron chi connectivity index (χ3n) is 5.78. The Morgan fingerprint density at radius 3 is 2.15 bits per heavy atom. The largest absolute Gasteiger partial charge is 0.348 e. The van der Waals surface area contributed by atoms with Gasteiger partial charge in [0, 0.05) is 12.1 Å². The summed E-state index contributed by atoms with van der Waals surface area (Å²) >= 11 is 0. The number of hydrogen-bond acceptors (Lipinski definition) is 3. The highest BCUT2D eigenvalue weighted by Gasteiger charge is 2.25. The van der Waals surface area contributed by atoms with Gasteiger partial charge in [0.2, 0.25) is 0 Å². The molecule has 170 valence electrons. The lowest BCUT2D eigenvalue weighted by Gasteiger charge is -2.25. The van der Waals surface area contributed by atoms with Crippen molar-refractivity contribution in [3.8, 4) is 0 Å². The van der Waals surface area contributed by atoms with Gasteiger partial charge < -0.3 is 5.32 Å². The number of hydrogen-bond donors (Lipinski definition) is 1. The molecular formula is C27H28N2O3S. The number of para-hydroxylation sites is 1. The van der Waals surface area contributed by atoms with Crippen LogP contribution in [0.3, 0.4) is 0 Å². The van der Waals surface area contributed by atoms with Gasteiger partial charge in [0.1, 0.15) is 0 Å². The molecule has 0 saturated carbocycles. The van der Waals surface area contributed by atoms with E-state index in [1.165, 1.54) is 22.7 Å². The lowest BCUT2D eigenvalue weighted by Crippen LogP contribution is -2.30. The molecule has 3 aromatic rings. The highest BCUT2D eigenvalue weighted by atomic mass is 32.2. The van der Waals surface area contributed by atoms with Crippen LogP contribution < -0.4 is 9.62 Å². The number of sulfonamides is 1. The van der Waals surface area contributed by atoms with E-state index in [1.807, 2.05) is 30.3 Å². The SMILES string of the molecule is O=C(NCC1=CCCCC1)c1ccc(CN(c2ccccc2)S(=O)(=O)c2ccccc2)cc1. The molecule has 0 atom stereocenters. The molecule has 6 heteroatoms. The quantitative estimate of drug-likeness (QED) is 0.463. The fourth-order valence-corrected chi connectivity index (χ4v) is 5.39. The van der Waals surface area contributed by atoms with E-state index in [-0.39, 0.29) is 17.3 Å². The third-order valence-corrected chi connectivity index (χ3v) is 7.57. The van der Waals surface area contributed by atoms with E-state index in [0.717, 1.165) is 18.4 Å². The van der Waals surface area contributed by atoms with Crippen molar-refractivity contribution in [3.05, 3.63) is 108 Å². The molecule has 0 bridgehead atoms. The summed E-state index contributed by atoms with van der Waals surface area (Å²) in [5.41, 5.74) is 3.23. The first-order valence-electron chi connectivity index (χ1n) is 11.2. The van der Waals surface area contributed by atoms with Gasteiger partial charge in [-0.15, -0.1) is 0 Å². The molecule has 1 N–H and O–H groups in total. The Balaban J connectivity index is 1.51. The minimum Gasteiger partial charge on any atom is -0.348 e. The maximum atomic E-state index is 13.4. The van der Waals surface area contributed by atoms with Crippen molar-refractivity contribution in [1.29, 1.82) is 0 Å². The number of nitrogens with zero attached hydrogens (tertiary/aromatic N) is 1. The predicted molar refractivity (Wildman–Crippen MR) is 132 cm³/mol. The van der Waals surface area contributed by atoms with Gasteiger partial charge in [-0.2, -0.15) is 0 Å². The second kappa shape index (κ2) is 10.5. The molecule has 0 aliphatic heterocycles. The molecule has 5 nitrogen and oxygen atoms in total. The average Bonchev–Trinajstić information content (AvgIpc) is 2.88. The van der Waals surface area contributed by atoms with Crippen molar-refractivity contribution in [2.75, 3.05) is 10.8 Å².